The van der Waals surface area contributed by atoms with Crippen LogP contribution in [0.5, 0.6) is 0 Å². The highest BCUT2D eigenvalue weighted by Crippen LogP contribution is 2.26. The summed E-state index contributed by atoms with van der Waals surface area (Å²) in [6.45, 7) is 5.49. The van der Waals surface area contributed by atoms with Crippen LogP contribution >= 0.6 is 0 Å². The van der Waals surface area contributed by atoms with Gasteiger partial charge in [0.25, 0.3) is 0 Å². The standard InChI is InChI=1S/C21H22N8/c1-14-5-6-15-16(12-14)26-21(25-15)19-20(22)24-13-18(27-19)29-10-8-28(9-11-29)17-4-2-3-7-23-17/h2-7,12-13H,8-11H2,1H3,(H2,22,24)(H,25,26). The number of imidazole rings is 1. The first-order chi connectivity index (χ1) is 14.2. The molecule has 3 N–H and O–H groups in total. The molecule has 0 radical (unpaired) electrons. The molecule has 29 heavy (non-hydrogen) atoms. The Morgan fingerprint density at radius 1 is 0.931 bits per heavy atom. The largest absolute Gasteiger partial charge is 0.382 e. The molecule has 0 spiro atoms. The van der Waals surface area contributed by atoms with Gasteiger partial charge in [-0.3, -0.25) is 0 Å². The van der Waals surface area contributed by atoms with E-state index in [0.717, 1.165) is 48.8 Å². The summed E-state index contributed by atoms with van der Waals surface area (Å²) in [5, 5.41) is 0. The first-order valence-electron chi connectivity index (χ1n) is 9.67. The number of aromatic nitrogens is 5. The van der Waals surface area contributed by atoms with Crippen molar-refractivity contribution in [1.29, 1.82) is 0 Å². The van der Waals surface area contributed by atoms with Crippen LogP contribution in [0.3, 0.4) is 0 Å². The van der Waals surface area contributed by atoms with Crippen LogP contribution in [0.15, 0.2) is 48.8 Å². The SMILES string of the molecule is Cc1ccc2nc(-c3nc(N4CCN(c5ccccn5)CC4)cnc3N)[nH]c2c1. The summed E-state index contributed by atoms with van der Waals surface area (Å²) < 4.78 is 0. The van der Waals surface area contributed by atoms with Crippen LogP contribution in [0.2, 0.25) is 0 Å². The molecular weight excluding hydrogens is 364 g/mol. The lowest BCUT2D eigenvalue weighted by molar-refractivity contribution is 0.641. The number of nitrogens with one attached hydrogen (secondary N) is 1. The molecule has 1 aliphatic heterocycles. The Hall–Kier alpha value is -3.68. The number of fused-ring (bicyclic) bond motifs is 1. The van der Waals surface area contributed by atoms with Gasteiger partial charge in [-0.1, -0.05) is 12.1 Å². The predicted octanol–water partition coefficient (Wildman–Crippen LogP) is 2.63. The van der Waals surface area contributed by atoms with Gasteiger partial charge in [0.2, 0.25) is 0 Å². The maximum absolute atomic E-state index is 6.13. The minimum Gasteiger partial charge on any atom is -0.382 e. The Kier molecular flexibility index (Phi) is 4.23. The first kappa shape index (κ1) is 17.4. The number of aromatic amines is 1. The van der Waals surface area contributed by atoms with Crippen LogP contribution in [0.25, 0.3) is 22.6 Å². The van der Waals surface area contributed by atoms with Gasteiger partial charge in [0, 0.05) is 32.4 Å². The van der Waals surface area contributed by atoms with Crippen LogP contribution in [0, 0.1) is 6.92 Å². The summed E-state index contributed by atoms with van der Waals surface area (Å²) >= 11 is 0. The van der Waals surface area contributed by atoms with E-state index >= 15 is 0 Å². The average molecular weight is 386 g/mol. The molecule has 8 nitrogen and oxygen atoms in total. The van der Waals surface area contributed by atoms with E-state index in [1.807, 2.05) is 36.5 Å². The smallest absolute Gasteiger partial charge is 0.161 e. The van der Waals surface area contributed by atoms with Crippen LogP contribution in [-0.4, -0.2) is 51.1 Å². The van der Waals surface area contributed by atoms with Gasteiger partial charge in [0.05, 0.1) is 17.2 Å². The Balaban J connectivity index is 1.39. The topological polar surface area (TPSA) is 99.8 Å². The Morgan fingerprint density at radius 3 is 2.48 bits per heavy atom. The normalized spacial score (nSPS) is 14.5. The van der Waals surface area contributed by atoms with Crippen molar-refractivity contribution >= 4 is 28.5 Å². The van der Waals surface area contributed by atoms with E-state index in [-0.39, 0.29) is 0 Å². The molecule has 1 saturated heterocycles. The number of aryl methyl sites for hydroxylation is 1. The van der Waals surface area contributed by atoms with Gasteiger partial charge in [-0.25, -0.2) is 19.9 Å². The maximum Gasteiger partial charge on any atom is 0.161 e. The Labute approximate surface area is 168 Å². The minimum absolute atomic E-state index is 0.372. The number of H-pyrrole nitrogens is 1. The fourth-order valence-electron chi connectivity index (χ4n) is 3.66. The zero-order valence-electron chi connectivity index (χ0n) is 16.2. The number of rotatable bonds is 3. The number of piperazine rings is 1. The molecule has 1 aliphatic rings. The first-order valence-corrected chi connectivity index (χ1v) is 9.67. The van der Waals surface area contributed by atoms with Crippen molar-refractivity contribution in [1.82, 2.24) is 24.9 Å². The maximum atomic E-state index is 6.13. The molecule has 0 amide bonds. The van der Waals surface area contributed by atoms with E-state index in [9.17, 15) is 0 Å². The molecule has 0 saturated carbocycles. The third-order valence-electron chi connectivity index (χ3n) is 5.23. The summed E-state index contributed by atoms with van der Waals surface area (Å²) in [6.07, 6.45) is 3.57. The number of nitrogens with two attached hydrogens (primary N) is 1. The third kappa shape index (κ3) is 3.33. The molecule has 8 heteroatoms. The molecule has 4 heterocycles. The molecular formula is C21H22N8. The van der Waals surface area contributed by atoms with E-state index in [1.165, 1.54) is 5.56 Å². The van der Waals surface area contributed by atoms with E-state index < -0.39 is 0 Å². The number of hydrogen-bond acceptors (Lipinski definition) is 7. The Morgan fingerprint density at radius 2 is 1.72 bits per heavy atom. The fourth-order valence-corrected chi connectivity index (χ4v) is 3.66. The van der Waals surface area contributed by atoms with Crippen LogP contribution in [-0.2, 0) is 0 Å². The number of nitrogens with zero attached hydrogens (tertiary/aromatic N) is 6. The fraction of sp³-hybridized carbons (Fsp3) is 0.238. The molecule has 146 valence electrons. The molecule has 5 rings (SSSR count). The molecule has 3 aromatic heterocycles. The van der Waals surface area contributed by atoms with Crippen molar-refractivity contribution in [2.75, 3.05) is 41.7 Å². The van der Waals surface area contributed by atoms with Crippen molar-refractivity contribution < 1.29 is 0 Å². The van der Waals surface area contributed by atoms with Gasteiger partial charge >= 0.3 is 0 Å². The van der Waals surface area contributed by atoms with Gasteiger partial charge in [-0.05, 0) is 36.8 Å². The predicted molar refractivity (Wildman–Crippen MR) is 115 cm³/mol. The highest BCUT2D eigenvalue weighted by atomic mass is 15.3. The zero-order chi connectivity index (χ0) is 19.8. The lowest BCUT2D eigenvalue weighted by atomic mass is 10.2. The van der Waals surface area contributed by atoms with Gasteiger partial charge in [-0.15, -0.1) is 0 Å². The summed E-state index contributed by atoms with van der Waals surface area (Å²) in [5.74, 6) is 2.83. The lowest BCUT2D eigenvalue weighted by Gasteiger charge is -2.36. The highest BCUT2D eigenvalue weighted by Gasteiger charge is 2.21. The summed E-state index contributed by atoms with van der Waals surface area (Å²) in [4.78, 5) is 26.1. The van der Waals surface area contributed by atoms with Gasteiger partial charge in [-0.2, -0.15) is 0 Å². The quantitative estimate of drug-likeness (QED) is 0.558. The number of hydrogen-bond donors (Lipinski definition) is 2. The summed E-state index contributed by atoms with van der Waals surface area (Å²) in [7, 11) is 0. The van der Waals surface area contributed by atoms with Gasteiger partial charge in [0.15, 0.2) is 17.3 Å². The van der Waals surface area contributed by atoms with Crippen molar-refractivity contribution in [2.45, 2.75) is 6.92 Å². The van der Waals surface area contributed by atoms with E-state index in [2.05, 4.69) is 42.7 Å². The average Bonchev–Trinajstić information content (AvgIpc) is 3.18. The minimum atomic E-state index is 0.372. The zero-order valence-corrected chi connectivity index (χ0v) is 16.2. The molecule has 1 fully saturated rings. The van der Waals surface area contributed by atoms with Crippen molar-refractivity contribution in [3.63, 3.8) is 0 Å². The molecule has 0 unspecified atom stereocenters. The second-order valence-electron chi connectivity index (χ2n) is 7.23. The van der Waals surface area contributed by atoms with Gasteiger partial charge < -0.3 is 20.5 Å². The second kappa shape index (κ2) is 7.05. The molecule has 0 aliphatic carbocycles. The monoisotopic (exact) mass is 386 g/mol. The third-order valence-corrected chi connectivity index (χ3v) is 5.23. The van der Waals surface area contributed by atoms with Crippen LogP contribution in [0.1, 0.15) is 5.56 Å². The number of anilines is 3. The number of pyridine rings is 1. The molecule has 1 aromatic carbocycles. The number of nitrogen functional groups attached to an aromatic ring is 1. The number of benzene rings is 1. The van der Waals surface area contributed by atoms with Crippen molar-refractivity contribution in [2.24, 2.45) is 0 Å². The molecule has 4 aromatic rings. The molecule has 0 bridgehead atoms. The van der Waals surface area contributed by atoms with Crippen molar-refractivity contribution in [3.8, 4) is 11.5 Å². The van der Waals surface area contributed by atoms with Crippen LogP contribution < -0.4 is 15.5 Å². The van der Waals surface area contributed by atoms with Crippen LogP contribution in [0.4, 0.5) is 17.5 Å². The second-order valence-corrected chi connectivity index (χ2v) is 7.23. The summed E-state index contributed by atoms with van der Waals surface area (Å²) in [6, 6.07) is 12.1. The lowest BCUT2D eigenvalue weighted by Crippen LogP contribution is -2.47. The van der Waals surface area contributed by atoms with Crippen molar-refractivity contribution in [3.05, 3.63) is 54.4 Å². The van der Waals surface area contributed by atoms with E-state index in [1.54, 1.807) is 6.20 Å². The Bertz CT molecular complexity index is 1150. The van der Waals surface area contributed by atoms with Gasteiger partial charge in [0.1, 0.15) is 11.6 Å². The molecule has 0 atom stereocenters. The highest BCUT2D eigenvalue weighted by molar-refractivity contribution is 5.81. The van der Waals surface area contributed by atoms with E-state index in [0.29, 0.717) is 17.3 Å². The van der Waals surface area contributed by atoms with E-state index in [4.69, 9.17) is 10.7 Å². The summed E-state index contributed by atoms with van der Waals surface area (Å²) in [5.41, 5.74) is 9.75.